The summed E-state index contributed by atoms with van der Waals surface area (Å²) in [4.78, 5) is 23.7. The first-order valence-electron chi connectivity index (χ1n) is 11.0. The van der Waals surface area contributed by atoms with E-state index in [0.29, 0.717) is 6.54 Å². The lowest BCUT2D eigenvalue weighted by Gasteiger charge is -2.21. The molecule has 1 fully saturated rings. The Morgan fingerprint density at radius 1 is 1.15 bits per heavy atom. The molecule has 5 rings (SSSR count). The van der Waals surface area contributed by atoms with E-state index in [1.807, 2.05) is 77.1 Å². The van der Waals surface area contributed by atoms with Crippen LogP contribution in [0.1, 0.15) is 37.2 Å². The molecule has 0 N–H and O–H groups in total. The number of hydrogen-bond donors (Lipinski definition) is 0. The van der Waals surface area contributed by atoms with Crippen LogP contribution >= 0.6 is 0 Å². The molecule has 0 unspecified atom stereocenters. The summed E-state index contributed by atoms with van der Waals surface area (Å²) in [6.45, 7) is 4.42. The fraction of sp³-hybridized carbons (Fsp3) is 0.222. The van der Waals surface area contributed by atoms with Crippen LogP contribution in [0.3, 0.4) is 0 Å². The van der Waals surface area contributed by atoms with E-state index in [1.165, 1.54) is 0 Å². The first-order chi connectivity index (χ1) is 16.1. The van der Waals surface area contributed by atoms with Crippen molar-refractivity contribution in [2.24, 2.45) is 0 Å². The first kappa shape index (κ1) is 20.8. The average Bonchev–Trinajstić information content (AvgIpc) is 3.45. The van der Waals surface area contributed by atoms with Gasteiger partial charge >= 0.3 is 0 Å². The molecule has 0 saturated carbocycles. The third kappa shape index (κ3) is 4.06. The van der Waals surface area contributed by atoms with Gasteiger partial charge in [-0.1, -0.05) is 18.1 Å². The Labute approximate surface area is 192 Å². The fourth-order valence-electron chi connectivity index (χ4n) is 4.36. The Bertz CT molecular complexity index is 1380. The molecule has 0 radical (unpaired) electrons. The third-order valence-corrected chi connectivity index (χ3v) is 5.87. The number of likely N-dealkylation sites (tertiary alicyclic amines) is 1. The molecule has 6 heteroatoms. The van der Waals surface area contributed by atoms with Crippen molar-refractivity contribution >= 4 is 11.4 Å². The fourth-order valence-corrected chi connectivity index (χ4v) is 4.36. The van der Waals surface area contributed by atoms with E-state index in [4.69, 9.17) is 9.72 Å². The molecular formula is C27H24N4O2. The summed E-state index contributed by atoms with van der Waals surface area (Å²) >= 11 is 0. The summed E-state index contributed by atoms with van der Waals surface area (Å²) in [6, 6.07) is 15.8. The molecule has 3 heterocycles. The summed E-state index contributed by atoms with van der Waals surface area (Å²) in [5.74, 6) is 7.66. The lowest BCUT2D eigenvalue weighted by Crippen LogP contribution is -2.30. The molecule has 1 atom stereocenters. The summed E-state index contributed by atoms with van der Waals surface area (Å²) < 4.78 is 8.03. The molecule has 164 valence electrons. The molecule has 0 aliphatic carbocycles. The molecule has 0 spiro atoms. The van der Waals surface area contributed by atoms with Crippen molar-refractivity contribution in [1.82, 2.24) is 19.3 Å². The van der Waals surface area contributed by atoms with Gasteiger partial charge in [-0.05, 0) is 74.6 Å². The number of carbonyl (C=O) groups is 1. The summed E-state index contributed by atoms with van der Waals surface area (Å²) in [7, 11) is 0. The highest BCUT2D eigenvalue weighted by Gasteiger charge is 2.33. The highest BCUT2D eigenvalue weighted by Crippen LogP contribution is 2.35. The van der Waals surface area contributed by atoms with Gasteiger partial charge in [0.05, 0.1) is 23.4 Å². The minimum absolute atomic E-state index is 0.106. The first-order valence-corrected chi connectivity index (χ1v) is 11.0. The van der Waals surface area contributed by atoms with Gasteiger partial charge in [-0.25, -0.2) is 4.98 Å². The zero-order chi connectivity index (χ0) is 22.8. The zero-order valence-corrected chi connectivity index (χ0v) is 18.7. The number of rotatable bonds is 4. The van der Waals surface area contributed by atoms with Gasteiger partial charge in [-0.3, -0.25) is 14.2 Å². The van der Waals surface area contributed by atoms with Gasteiger partial charge < -0.3 is 9.64 Å². The number of carbonyl (C=O) groups excluding carboxylic acids is 1. The number of nitrogens with zero attached hydrogens (tertiary/aromatic N) is 4. The van der Waals surface area contributed by atoms with Crippen molar-refractivity contribution in [3.05, 3.63) is 78.5 Å². The van der Waals surface area contributed by atoms with Gasteiger partial charge in [0.2, 0.25) is 0 Å². The largest absolute Gasteiger partial charge is 0.457 e. The highest BCUT2D eigenvalue weighted by atomic mass is 16.5. The maximum Gasteiger partial charge on any atom is 0.299 e. The molecule has 4 aromatic rings. The van der Waals surface area contributed by atoms with E-state index < -0.39 is 0 Å². The Balaban J connectivity index is 1.49. The van der Waals surface area contributed by atoms with Crippen LogP contribution in [-0.4, -0.2) is 31.7 Å². The third-order valence-electron chi connectivity index (χ3n) is 5.87. The Kier molecular flexibility index (Phi) is 5.54. The number of benzene rings is 2. The molecule has 0 bridgehead atoms. The van der Waals surface area contributed by atoms with Crippen molar-refractivity contribution in [3.8, 4) is 34.6 Å². The molecular weight excluding hydrogens is 412 g/mol. The Morgan fingerprint density at radius 2 is 2.00 bits per heavy atom. The quantitative estimate of drug-likeness (QED) is 0.414. The standard InChI is InChI=1S/C27H24N4O2/c1-3-6-25(32)30-15-5-9-23(30)27-29-26(24-18-28-14-16-31(24)27)20-10-12-21(13-11-20)33-22-8-4-7-19(2)17-22/h4,7-8,10-14,16-18,23H,5,9,15H2,1-2H3/t23-/m0/s1. The van der Waals surface area contributed by atoms with E-state index in [9.17, 15) is 4.79 Å². The molecule has 1 amide bonds. The summed E-state index contributed by atoms with van der Waals surface area (Å²) in [6.07, 6.45) is 7.26. The number of ether oxygens (including phenoxy) is 1. The average molecular weight is 437 g/mol. The van der Waals surface area contributed by atoms with Gasteiger partial charge in [-0.2, -0.15) is 0 Å². The van der Waals surface area contributed by atoms with E-state index >= 15 is 0 Å². The van der Waals surface area contributed by atoms with E-state index in [2.05, 4.69) is 16.8 Å². The van der Waals surface area contributed by atoms with Crippen LogP contribution in [0, 0.1) is 18.8 Å². The van der Waals surface area contributed by atoms with Gasteiger partial charge in [-0.15, -0.1) is 0 Å². The van der Waals surface area contributed by atoms with Crippen molar-refractivity contribution < 1.29 is 9.53 Å². The second kappa shape index (κ2) is 8.79. The Morgan fingerprint density at radius 3 is 2.79 bits per heavy atom. The lowest BCUT2D eigenvalue weighted by atomic mass is 10.1. The van der Waals surface area contributed by atoms with Gasteiger partial charge in [0.1, 0.15) is 17.3 Å². The minimum Gasteiger partial charge on any atom is -0.457 e. The van der Waals surface area contributed by atoms with E-state index in [0.717, 1.165) is 52.5 Å². The number of imidazole rings is 1. The van der Waals surface area contributed by atoms with Crippen molar-refractivity contribution in [2.75, 3.05) is 6.54 Å². The maximum absolute atomic E-state index is 12.5. The summed E-state index contributed by atoms with van der Waals surface area (Å²) in [5, 5.41) is 0. The van der Waals surface area contributed by atoms with Gasteiger partial charge in [0.15, 0.2) is 0 Å². The van der Waals surface area contributed by atoms with Gasteiger partial charge in [0, 0.05) is 24.5 Å². The number of hydrogen-bond acceptors (Lipinski definition) is 4. The maximum atomic E-state index is 12.5. The van der Waals surface area contributed by atoms with Crippen LogP contribution in [0.25, 0.3) is 16.8 Å². The van der Waals surface area contributed by atoms with Gasteiger partial charge in [0.25, 0.3) is 5.91 Å². The number of amides is 1. The molecule has 1 saturated heterocycles. The lowest BCUT2D eigenvalue weighted by molar-refractivity contribution is -0.126. The molecule has 2 aromatic heterocycles. The summed E-state index contributed by atoms with van der Waals surface area (Å²) in [5.41, 5.74) is 3.85. The normalized spacial score (nSPS) is 15.3. The number of aromatic nitrogens is 3. The predicted molar refractivity (Wildman–Crippen MR) is 127 cm³/mol. The zero-order valence-electron chi connectivity index (χ0n) is 18.7. The Hall–Kier alpha value is -4.11. The number of aryl methyl sites for hydroxylation is 1. The van der Waals surface area contributed by atoms with Crippen molar-refractivity contribution in [2.45, 2.75) is 32.7 Å². The second-order valence-corrected chi connectivity index (χ2v) is 8.12. The second-order valence-electron chi connectivity index (χ2n) is 8.12. The monoisotopic (exact) mass is 436 g/mol. The van der Waals surface area contributed by atoms with Crippen LogP contribution in [0.15, 0.2) is 67.1 Å². The van der Waals surface area contributed by atoms with Crippen LogP contribution in [0.2, 0.25) is 0 Å². The molecule has 1 aliphatic heterocycles. The SMILES string of the molecule is CC#CC(=O)N1CCC[C@H]1c1nc(-c2ccc(Oc3cccc(C)c3)cc2)c2cnccn12. The molecule has 1 aliphatic rings. The van der Waals surface area contributed by atoms with Crippen molar-refractivity contribution in [3.63, 3.8) is 0 Å². The highest BCUT2D eigenvalue weighted by molar-refractivity contribution is 5.94. The van der Waals surface area contributed by atoms with E-state index in [1.54, 1.807) is 13.1 Å². The molecule has 2 aromatic carbocycles. The van der Waals surface area contributed by atoms with Crippen LogP contribution in [0.5, 0.6) is 11.5 Å². The topological polar surface area (TPSA) is 59.7 Å². The van der Waals surface area contributed by atoms with Crippen molar-refractivity contribution in [1.29, 1.82) is 0 Å². The molecule has 33 heavy (non-hydrogen) atoms. The van der Waals surface area contributed by atoms with E-state index in [-0.39, 0.29) is 11.9 Å². The number of fused-ring (bicyclic) bond motifs is 1. The van der Waals surface area contributed by atoms with Crippen LogP contribution in [0.4, 0.5) is 0 Å². The minimum atomic E-state index is -0.148. The van der Waals surface area contributed by atoms with Crippen LogP contribution in [-0.2, 0) is 4.79 Å². The molecule has 6 nitrogen and oxygen atoms in total. The predicted octanol–water partition coefficient (Wildman–Crippen LogP) is 5.18. The van der Waals surface area contributed by atoms with Crippen LogP contribution < -0.4 is 4.74 Å². The smallest absolute Gasteiger partial charge is 0.299 e.